The molecule has 0 amide bonds. The summed E-state index contributed by atoms with van der Waals surface area (Å²) < 4.78 is 0. The Morgan fingerprint density at radius 3 is 1.71 bits per heavy atom. The third-order valence-electron chi connectivity index (χ3n) is 3.87. The molecular formula is C15H16O2. The van der Waals surface area contributed by atoms with Crippen molar-refractivity contribution >= 4 is 11.6 Å². The zero-order valence-electron chi connectivity index (χ0n) is 10.9. The van der Waals surface area contributed by atoms with E-state index < -0.39 is 0 Å². The van der Waals surface area contributed by atoms with E-state index in [4.69, 9.17) is 0 Å². The molecule has 0 N–H and O–H groups in total. The number of benzene rings is 1. The van der Waals surface area contributed by atoms with Crippen LogP contribution in [0.4, 0.5) is 0 Å². The Hall–Kier alpha value is -1.70. The zero-order chi connectivity index (χ0) is 12.9. The van der Waals surface area contributed by atoms with E-state index in [-0.39, 0.29) is 11.6 Å². The molecular weight excluding hydrogens is 212 g/mol. The predicted molar refractivity (Wildman–Crippen MR) is 67.8 cm³/mol. The van der Waals surface area contributed by atoms with Crippen molar-refractivity contribution in [1.29, 1.82) is 0 Å². The molecule has 0 aromatic heterocycles. The quantitative estimate of drug-likeness (QED) is 0.683. The Morgan fingerprint density at radius 2 is 1.18 bits per heavy atom. The van der Waals surface area contributed by atoms with Gasteiger partial charge in [0.15, 0.2) is 11.6 Å². The van der Waals surface area contributed by atoms with Crippen LogP contribution in [0.5, 0.6) is 0 Å². The highest BCUT2D eigenvalue weighted by atomic mass is 16.1. The first-order chi connectivity index (χ1) is 7.86. The van der Waals surface area contributed by atoms with Crippen molar-refractivity contribution in [3.05, 3.63) is 45.0 Å². The van der Waals surface area contributed by atoms with Gasteiger partial charge >= 0.3 is 0 Å². The molecule has 0 atom stereocenters. The highest BCUT2D eigenvalue weighted by Gasteiger charge is 2.28. The molecule has 0 saturated heterocycles. The van der Waals surface area contributed by atoms with Crippen molar-refractivity contribution in [1.82, 2.24) is 0 Å². The predicted octanol–water partition coefficient (Wildman–Crippen LogP) is 3.25. The van der Waals surface area contributed by atoms with Gasteiger partial charge in [-0.2, -0.15) is 0 Å². The van der Waals surface area contributed by atoms with E-state index in [2.05, 4.69) is 0 Å². The van der Waals surface area contributed by atoms with Crippen LogP contribution in [-0.4, -0.2) is 11.6 Å². The van der Waals surface area contributed by atoms with Crippen molar-refractivity contribution in [2.24, 2.45) is 0 Å². The smallest absolute Gasteiger partial charge is 0.189 e. The third kappa shape index (κ3) is 1.47. The maximum absolute atomic E-state index is 12.2. The first-order valence-electron chi connectivity index (χ1n) is 5.74. The summed E-state index contributed by atoms with van der Waals surface area (Å²) in [5, 5.41) is 0. The highest BCUT2D eigenvalue weighted by Crippen LogP contribution is 2.31. The fraction of sp³-hybridized carbons (Fsp3) is 0.333. The number of hydrogen-bond acceptors (Lipinski definition) is 2. The Morgan fingerprint density at radius 1 is 0.706 bits per heavy atom. The molecule has 2 rings (SSSR count). The Bertz CT molecular complexity index is 590. The van der Waals surface area contributed by atoms with Gasteiger partial charge in [0, 0.05) is 16.7 Å². The number of allylic oxidation sites excluding steroid dienone is 2. The first-order valence-corrected chi connectivity index (χ1v) is 5.74. The van der Waals surface area contributed by atoms with Crippen LogP contribution in [0.1, 0.15) is 49.9 Å². The van der Waals surface area contributed by atoms with Crippen molar-refractivity contribution in [2.75, 3.05) is 0 Å². The Kier molecular flexibility index (Phi) is 2.53. The molecule has 0 saturated carbocycles. The lowest BCUT2D eigenvalue weighted by atomic mass is 9.80. The van der Waals surface area contributed by atoms with E-state index in [1.54, 1.807) is 6.92 Å². The molecule has 0 unspecified atom stereocenters. The van der Waals surface area contributed by atoms with Crippen LogP contribution in [0.2, 0.25) is 0 Å². The second-order valence-electron chi connectivity index (χ2n) is 4.77. The summed E-state index contributed by atoms with van der Waals surface area (Å²) in [4.78, 5) is 24.2. The summed E-state index contributed by atoms with van der Waals surface area (Å²) in [6, 6.07) is 0. The second-order valence-corrected chi connectivity index (χ2v) is 4.77. The lowest BCUT2D eigenvalue weighted by molar-refractivity contribution is 0.0983. The summed E-state index contributed by atoms with van der Waals surface area (Å²) in [6.07, 6.45) is 1.45. The average Bonchev–Trinajstić information content (AvgIpc) is 2.28. The van der Waals surface area contributed by atoms with Gasteiger partial charge in [-0.25, -0.2) is 0 Å². The van der Waals surface area contributed by atoms with Crippen molar-refractivity contribution in [2.45, 2.75) is 34.6 Å². The van der Waals surface area contributed by atoms with Crippen molar-refractivity contribution in [3.8, 4) is 0 Å². The minimum absolute atomic E-state index is 0.0108. The van der Waals surface area contributed by atoms with Gasteiger partial charge in [-0.3, -0.25) is 9.59 Å². The molecule has 1 aliphatic carbocycles. The van der Waals surface area contributed by atoms with Gasteiger partial charge < -0.3 is 0 Å². The minimum Gasteiger partial charge on any atom is -0.289 e. The third-order valence-corrected chi connectivity index (χ3v) is 3.87. The van der Waals surface area contributed by atoms with Crippen LogP contribution in [-0.2, 0) is 0 Å². The average molecular weight is 228 g/mol. The van der Waals surface area contributed by atoms with E-state index in [0.29, 0.717) is 16.7 Å². The molecule has 0 aliphatic heterocycles. The van der Waals surface area contributed by atoms with Crippen LogP contribution in [0.15, 0.2) is 11.6 Å². The van der Waals surface area contributed by atoms with E-state index in [0.717, 1.165) is 22.3 Å². The fourth-order valence-electron chi connectivity index (χ4n) is 2.44. The molecule has 0 radical (unpaired) electrons. The molecule has 1 aliphatic rings. The molecule has 1 aromatic rings. The van der Waals surface area contributed by atoms with Crippen LogP contribution < -0.4 is 0 Å². The Labute approximate surface area is 101 Å². The normalized spacial score (nSPS) is 14.8. The largest absolute Gasteiger partial charge is 0.289 e. The van der Waals surface area contributed by atoms with Gasteiger partial charge in [0.05, 0.1) is 0 Å². The first kappa shape index (κ1) is 11.8. The van der Waals surface area contributed by atoms with E-state index in [9.17, 15) is 9.59 Å². The number of fused-ring (bicyclic) bond motifs is 1. The molecule has 0 bridgehead atoms. The number of carbonyl (C=O) groups excluding carboxylic acids is 2. The molecule has 17 heavy (non-hydrogen) atoms. The maximum atomic E-state index is 12.2. The van der Waals surface area contributed by atoms with Gasteiger partial charge in [-0.15, -0.1) is 0 Å². The highest BCUT2D eigenvalue weighted by molar-refractivity contribution is 6.25. The van der Waals surface area contributed by atoms with Crippen LogP contribution in [0.3, 0.4) is 0 Å². The maximum Gasteiger partial charge on any atom is 0.189 e. The summed E-state index contributed by atoms with van der Waals surface area (Å²) >= 11 is 0. The summed E-state index contributed by atoms with van der Waals surface area (Å²) in [6.45, 7) is 9.54. The topological polar surface area (TPSA) is 34.1 Å². The van der Waals surface area contributed by atoms with Gasteiger partial charge in [0.25, 0.3) is 0 Å². The number of rotatable bonds is 0. The fourth-order valence-corrected chi connectivity index (χ4v) is 2.44. The van der Waals surface area contributed by atoms with Gasteiger partial charge in [0.2, 0.25) is 0 Å². The minimum atomic E-state index is -0.0409. The van der Waals surface area contributed by atoms with Gasteiger partial charge in [0.1, 0.15) is 0 Å². The van der Waals surface area contributed by atoms with E-state index >= 15 is 0 Å². The number of hydrogen-bond donors (Lipinski definition) is 0. The van der Waals surface area contributed by atoms with Gasteiger partial charge in [-0.1, -0.05) is 0 Å². The second kappa shape index (κ2) is 3.66. The summed E-state index contributed by atoms with van der Waals surface area (Å²) in [5.41, 5.74) is 5.83. The summed E-state index contributed by atoms with van der Waals surface area (Å²) in [5.74, 6) is -0.0518. The molecule has 0 heterocycles. The number of ketones is 2. The zero-order valence-corrected chi connectivity index (χ0v) is 10.9. The van der Waals surface area contributed by atoms with Crippen molar-refractivity contribution < 1.29 is 9.59 Å². The number of Topliss-reactive ketones (excluding diaryl/α,β-unsaturated/α-hetero) is 1. The van der Waals surface area contributed by atoms with E-state index in [1.165, 1.54) is 6.08 Å². The lowest BCUT2D eigenvalue weighted by Crippen LogP contribution is -2.20. The Balaban J connectivity index is 2.93. The van der Waals surface area contributed by atoms with E-state index in [1.807, 2.05) is 27.7 Å². The van der Waals surface area contributed by atoms with Crippen molar-refractivity contribution in [3.63, 3.8) is 0 Å². The molecule has 88 valence electrons. The monoisotopic (exact) mass is 228 g/mol. The molecule has 2 nitrogen and oxygen atoms in total. The standard InChI is InChI=1S/C15H16O2/c1-7-6-12(16)13-10(4)8(2)9(3)11(5)14(13)15(7)17/h6H,1-5H3. The summed E-state index contributed by atoms with van der Waals surface area (Å²) in [7, 11) is 0. The SMILES string of the molecule is CC1=CC(=O)c2c(C)c(C)c(C)c(C)c2C1=O. The van der Waals surface area contributed by atoms with Crippen LogP contribution in [0, 0.1) is 27.7 Å². The van der Waals surface area contributed by atoms with Crippen LogP contribution >= 0.6 is 0 Å². The molecule has 2 heteroatoms. The molecule has 0 fully saturated rings. The molecule has 1 aromatic carbocycles. The molecule has 0 spiro atoms. The lowest BCUT2D eigenvalue weighted by Gasteiger charge is -2.21. The number of carbonyl (C=O) groups is 2. The van der Waals surface area contributed by atoms with Gasteiger partial charge in [-0.05, 0) is 62.9 Å². The van der Waals surface area contributed by atoms with Crippen LogP contribution in [0.25, 0.3) is 0 Å².